The van der Waals surface area contributed by atoms with Crippen LogP contribution in [0.1, 0.15) is 22.7 Å². The lowest BCUT2D eigenvalue weighted by molar-refractivity contribution is -0.137. The molecule has 0 unspecified atom stereocenters. The maximum atomic E-state index is 12.8. The first-order valence-corrected chi connectivity index (χ1v) is 8.03. The van der Waals surface area contributed by atoms with E-state index in [4.69, 9.17) is 9.15 Å². The molecule has 1 fully saturated rings. The predicted molar refractivity (Wildman–Crippen MR) is 86.5 cm³/mol. The molecule has 3 rings (SSSR count). The molecule has 1 aliphatic heterocycles. The average Bonchev–Trinajstić information content (AvgIpc) is 3.24. The monoisotopic (exact) mass is 369 g/mol. The van der Waals surface area contributed by atoms with Crippen molar-refractivity contribution in [1.82, 2.24) is 15.6 Å². The molecule has 2 heterocycles. The number of hydrogen-bond donors (Lipinski definition) is 2. The van der Waals surface area contributed by atoms with Gasteiger partial charge in [-0.1, -0.05) is 12.1 Å². The highest BCUT2D eigenvalue weighted by molar-refractivity contribution is 5.90. The first-order chi connectivity index (χ1) is 12.4. The number of carbonyl (C=O) groups is 1. The van der Waals surface area contributed by atoms with E-state index in [2.05, 4.69) is 15.6 Å². The van der Waals surface area contributed by atoms with Crippen LogP contribution in [-0.2, 0) is 10.9 Å². The van der Waals surface area contributed by atoms with Crippen LogP contribution >= 0.6 is 0 Å². The van der Waals surface area contributed by atoms with Gasteiger partial charge in [0.2, 0.25) is 0 Å². The van der Waals surface area contributed by atoms with Crippen LogP contribution in [0.4, 0.5) is 13.2 Å². The number of aromatic nitrogens is 1. The van der Waals surface area contributed by atoms with Crippen molar-refractivity contribution in [2.45, 2.75) is 24.7 Å². The van der Waals surface area contributed by atoms with E-state index >= 15 is 0 Å². The van der Waals surface area contributed by atoms with E-state index < -0.39 is 17.6 Å². The molecule has 1 saturated heterocycles. The molecule has 1 aliphatic rings. The Balaban J connectivity index is 1.67. The minimum absolute atomic E-state index is 0.0912. The van der Waals surface area contributed by atoms with Crippen LogP contribution in [0.3, 0.4) is 0 Å². The summed E-state index contributed by atoms with van der Waals surface area (Å²) in [5, 5.41) is 6.01. The molecule has 0 bridgehead atoms. The SMILES string of the molecule is COC[C@@H]1C[C@@H](NC(=O)c2ncc(-c3cccc(C(F)(F)F)c3)o2)CN1. The summed E-state index contributed by atoms with van der Waals surface area (Å²) in [6, 6.07) is 4.74. The molecule has 0 spiro atoms. The number of ether oxygens (including phenoxy) is 1. The van der Waals surface area contributed by atoms with Gasteiger partial charge in [-0.15, -0.1) is 0 Å². The summed E-state index contributed by atoms with van der Waals surface area (Å²) >= 11 is 0. The lowest BCUT2D eigenvalue weighted by Gasteiger charge is -2.10. The normalized spacial score (nSPS) is 20.3. The fraction of sp³-hybridized carbons (Fsp3) is 0.412. The number of methoxy groups -OCH3 is 1. The molecule has 1 aromatic carbocycles. The second-order valence-corrected chi connectivity index (χ2v) is 6.07. The molecule has 26 heavy (non-hydrogen) atoms. The van der Waals surface area contributed by atoms with Crippen molar-refractivity contribution in [3.05, 3.63) is 41.9 Å². The van der Waals surface area contributed by atoms with Crippen molar-refractivity contribution in [3.8, 4) is 11.3 Å². The Morgan fingerprint density at radius 3 is 3.00 bits per heavy atom. The number of oxazole rings is 1. The number of benzene rings is 1. The van der Waals surface area contributed by atoms with Gasteiger partial charge < -0.3 is 19.8 Å². The third-order valence-corrected chi connectivity index (χ3v) is 4.10. The summed E-state index contributed by atoms with van der Waals surface area (Å²) in [6.07, 6.45) is -2.50. The molecule has 140 valence electrons. The Bertz CT molecular complexity index is 776. The van der Waals surface area contributed by atoms with Gasteiger partial charge in [0.15, 0.2) is 5.76 Å². The molecule has 1 amide bonds. The van der Waals surface area contributed by atoms with Gasteiger partial charge in [-0.2, -0.15) is 13.2 Å². The molecule has 2 aromatic rings. The third-order valence-electron chi connectivity index (χ3n) is 4.10. The van der Waals surface area contributed by atoms with Crippen LogP contribution in [0.15, 0.2) is 34.9 Å². The quantitative estimate of drug-likeness (QED) is 0.847. The Hall–Kier alpha value is -2.39. The largest absolute Gasteiger partial charge is 0.432 e. The number of hydrogen-bond acceptors (Lipinski definition) is 5. The molecule has 9 heteroatoms. The van der Waals surface area contributed by atoms with E-state index in [9.17, 15) is 18.0 Å². The summed E-state index contributed by atoms with van der Waals surface area (Å²) < 4.78 is 48.8. The lowest BCUT2D eigenvalue weighted by Crippen LogP contribution is -2.36. The number of nitrogens with one attached hydrogen (secondary N) is 2. The van der Waals surface area contributed by atoms with Gasteiger partial charge >= 0.3 is 12.1 Å². The average molecular weight is 369 g/mol. The second-order valence-electron chi connectivity index (χ2n) is 6.07. The summed E-state index contributed by atoms with van der Waals surface area (Å²) in [4.78, 5) is 16.1. The van der Waals surface area contributed by atoms with Crippen molar-refractivity contribution < 1.29 is 27.1 Å². The highest BCUT2D eigenvalue weighted by Gasteiger charge is 2.31. The molecule has 2 N–H and O–H groups in total. The Kier molecular flexibility index (Phi) is 5.28. The van der Waals surface area contributed by atoms with Crippen molar-refractivity contribution >= 4 is 5.91 Å². The zero-order valence-corrected chi connectivity index (χ0v) is 14.0. The fourth-order valence-corrected chi connectivity index (χ4v) is 2.87. The molecular formula is C17H18F3N3O3. The van der Waals surface area contributed by atoms with Crippen molar-refractivity contribution in [2.75, 3.05) is 20.3 Å². The standard InChI is InChI=1S/C17H18F3N3O3/c1-25-9-13-6-12(7-21-13)23-15(24)16-22-8-14(26-16)10-3-2-4-11(5-10)17(18,19)20/h2-5,8,12-13,21H,6-7,9H2,1H3,(H,23,24)/t12-,13+/m1/s1. The summed E-state index contributed by atoms with van der Waals surface area (Å²) in [5.74, 6) is -0.594. The summed E-state index contributed by atoms with van der Waals surface area (Å²) in [6.45, 7) is 1.14. The minimum atomic E-state index is -4.45. The second kappa shape index (κ2) is 7.46. The van der Waals surface area contributed by atoms with Gasteiger partial charge in [-0.3, -0.25) is 4.79 Å². The minimum Gasteiger partial charge on any atom is -0.432 e. The number of rotatable bonds is 5. The van der Waals surface area contributed by atoms with Crippen LogP contribution < -0.4 is 10.6 Å². The van der Waals surface area contributed by atoms with E-state index in [1.165, 1.54) is 18.3 Å². The zero-order valence-electron chi connectivity index (χ0n) is 14.0. The van der Waals surface area contributed by atoms with Gasteiger partial charge in [0.25, 0.3) is 5.89 Å². The lowest BCUT2D eigenvalue weighted by atomic mass is 10.1. The van der Waals surface area contributed by atoms with Gasteiger partial charge in [0.1, 0.15) is 0 Å². The summed E-state index contributed by atoms with van der Waals surface area (Å²) in [7, 11) is 1.61. The molecule has 2 atom stereocenters. The number of nitrogens with zero attached hydrogens (tertiary/aromatic N) is 1. The van der Waals surface area contributed by atoms with Crippen molar-refractivity contribution in [2.24, 2.45) is 0 Å². The van der Waals surface area contributed by atoms with Crippen LogP contribution in [0.25, 0.3) is 11.3 Å². The number of halogens is 3. The van der Waals surface area contributed by atoms with E-state index in [1.807, 2.05) is 0 Å². The van der Waals surface area contributed by atoms with Gasteiger partial charge in [-0.25, -0.2) is 4.98 Å². The van der Waals surface area contributed by atoms with Gasteiger partial charge in [0.05, 0.1) is 18.4 Å². The van der Waals surface area contributed by atoms with Crippen molar-refractivity contribution in [1.29, 1.82) is 0 Å². The summed E-state index contributed by atoms with van der Waals surface area (Å²) in [5.41, 5.74) is -0.590. The predicted octanol–water partition coefficient (Wildman–Crippen LogP) is 2.47. The van der Waals surface area contributed by atoms with E-state index in [1.54, 1.807) is 7.11 Å². The smallest absolute Gasteiger partial charge is 0.416 e. The molecule has 6 nitrogen and oxygen atoms in total. The highest BCUT2D eigenvalue weighted by Crippen LogP contribution is 2.32. The van der Waals surface area contributed by atoms with E-state index in [0.717, 1.165) is 12.1 Å². The molecule has 0 saturated carbocycles. The first kappa shape index (κ1) is 18.4. The fourth-order valence-electron chi connectivity index (χ4n) is 2.87. The van der Waals surface area contributed by atoms with Gasteiger partial charge in [0, 0.05) is 31.3 Å². The Morgan fingerprint density at radius 1 is 1.46 bits per heavy atom. The van der Waals surface area contributed by atoms with Crippen LogP contribution in [0.2, 0.25) is 0 Å². The molecule has 0 aliphatic carbocycles. The molecule has 1 aromatic heterocycles. The number of carbonyl (C=O) groups excluding carboxylic acids is 1. The highest BCUT2D eigenvalue weighted by atomic mass is 19.4. The Morgan fingerprint density at radius 2 is 2.27 bits per heavy atom. The zero-order chi connectivity index (χ0) is 18.7. The maximum absolute atomic E-state index is 12.8. The van der Waals surface area contributed by atoms with Crippen LogP contribution in [0, 0.1) is 0 Å². The topological polar surface area (TPSA) is 76.4 Å². The number of alkyl halides is 3. The molecule has 0 radical (unpaired) electrons. The maximum Gasteiger partial charge on any atom is 0.416 e. The first-order valence-electron chi connectivity index (χ1n) is 8.03. The number of amides is 1. The van der Waals surface area contributed by atoms with Crippen LogP contribution in [-0.4, -0.2) is 43.2 Å². The van der Waals surface area contributed by atoms with Gasteiger partial charge in [-0.05, 0) is 18.6 Å². The van der Waals surface area contributed by atoms with E-state index in [0.29, 0.717) is 19.6 Å². The molecular weight excluding hydrogens is 351 g/mol. The Labute approximate surface area is 147 Å². The van der Waals surface area contributed by atoms with Crippen molar-refractivity contribution in [3.63, 3.8) is 0 Å². The van der Waals surface area contributed by atoms with E-state index in [-0.39, 0.29) is 29.3 Å². The third kappa shape index (κ3) is 4.23. The van der Waals surface area contributed by atoms with Crippen LogP contribution in [0.5, 0.6) is 0 Å².